The van der Waals surface area contributed by atoms with Crippen LogP contribution < -0.4 is 15.5 Å². The summed E-state index contributed by atoms with van der Waals surface area (Å²) >= 11 is 3.46. The Morgan fingerprint density at radius 2 is 1.53 bits per heavy atom. The van der Waals surface area contributed by atoms with Crippen LogP contribution in [0.15, 0.2) is 89.4 Å². The fraction of sp³-hybridized carbons (Fsp3) is 0.160. The van der Waals surface area contributed by atoms with E-state index >= 15 is 0 Å². The molecule has 0 saturated carbocycles. The Morgan fingerprint density at radius 1 is 0.906 bits per heavy atom. The molecule has 6 nitrogen and oxygen atoms in total. The molecule has 1 aliphatic rings. The molecule has 0 radical (unpaired) electrons. The van der Waals surface area contributed by atoms with E-state index in [2.05, 4.69) is 26.6 Å². The molecule has 2 N–H and O–H groups in total. The summed E-state index contributed by atoms with van der Waals surface area (Å²) in [5.74, 6) is -1.95. The highest BCUT2D eigenvalue weighted by atomic mass is 79.9. The molecule has 3 amide bonds. The van der Waals surface area contributed by atoms with Gasteiger partial charge in [-0.15, -0.1) is 0 Å². The normalized spacial score (nSPS) is 16.5. The quantitative estimate of drug-likeness (QED) is 0.504. The largest absolute Gasteiger partial charge is 0.340 e. The van der Waals surface area contributed by atoms with Gasteiger partial charge in [0, 0.05) is 16.7 Å². The average Bonchev–Trinajstić information content (AvgIpc) is 3.20. The van der Waals surface area contributed by atoms with Crippen molar-refractivity contribution in [3.63, 3.8) is 0 Å². The molecular formula is C25H22BrN3O3. The third kappa shape index (κ3) is 4.73. The van der Waals surface area contributed by atoms with Gasteiger partial charge in [-0.25, -0.2) is 0 Å². The third-order valence-corrected chi connectivity index (χ3v) is 6.06. The van der Waals surface area contributed by atoms with E-state index < -0.39 is 17.9 Å². The van der Waals surface area contributed by atoms with Crippen LogP contribution in [0.25, 0.3) is 0 Å². The Labute approximate surface area is 194 Å². The Kier molecular flexibility index (Phi) is 6.66. The van der Waals surface area contributed by atoms with Crippen molar-refractivity contribution in [2.75, 3.05) is 16.8 Å². The molecule has 3 aromatic carbocycles. The molecular weight excluding hydrogens is 470 g/mol. The lowest BCUT2D eigenvalue weighted by Crippen LogP contribution is -2.42. The van der Waals surface area contributed by atoms with Gasteiger partial charge in [0.05, 0.1) is 5.69 Å². The number of carbonyl (C=O) groups excluding carboxylic acids is 3. The van der Waals surface area contributed by atoms with Crippen molar-refractivity contribution in [3.8, 4) is 0 Å². The SMILES string of the molecule is O=C(NC(C(=O)Nc1ccccc1)c1ccccc1)C1CCN(c2ccccc2Br)C1=O. The van der Waals surface area contributed by atoms with Crippen LogP contribution in [0.3, 0.4) is 0 Å². The molecule has 3 aromatic rings. The van der Waals surface area contributed by atoms with E-state index in [9.17, 15) is 14.4 Å². The molecule has 0 bridgehead atoms. The minimum atomic E-state index is -0.922. The van der Waals surface area contributed by atoms with Gasteiger partial charge in [-0.3, -0.25) is 14.4 Å². The van der Waals surface area contributed by atoms with Gasteiger partial charge < -0.3 is 15.5 Å². The molecule has 0 aromatic heterocycles. The van der Waals surface area contributed by atoms with E-state index in [1.807, 2.05) is 48.5 Å². The molecule has 0 aliphatic carbocycles. The summed E-state index contributed by atoms with van der Waals surface area (Å²) < 4.78 is 0.791. The second-order valence-corrected chi connectivity index (χ2v) is 8.34. The monoisotopic (exact) mass is 491 g/mol. The minimum absolute atomic E-state index is 0.273. The summed E-state index contributed by atoms with van der Waals surface area (Å²) in [5.41, 5.74) is 2.00. The van der Waals surface area contributed by atoms with Gasteiger partial charge in [0.2, 0.25) is 11.8 Å². The number of carbonyl (C=O) groups is 3. The first-order valence-corrected chi connectivity index (χ1v) is 11.1. The van der Waals surface area contributed by atoms with E-state index in [1.165, 1.54) is 0 Å². The maximum Gasteiger partial charge on any atom is 0.251 e. The van der Waals surface area contributed by atoms with Crippen LogP contribution in [0.2, 0.25) is 0 Å². The van der Waals surface area contributed by atoms with Crippen molar-refractivity contribution in [1.29, 1.82) is 0 Å². The second kappa shape index (κ2) is 9.78. The standard InChI is InChI=1S/C25H22BrN3O3/c26-20-13-7-8-14-21(20)29-16-15-19(25(29)32)23(30)28-22(17-9-3-1-4-10-17)24(31)27-18-11-5-2-6-12-18/h1-14,19,22H,15-16H2,(H,27,31)(H,28,30). The van der Waals surface area contributed by atoms with E-state index in [0.29, 0.717) is 24.2 Å². The topological polar surface area (TPSA) is 78.5 Å². The number of amides is 3. The molecule has 2 atom stereocenters. The van der Waals surface area contributed by atoms with Crippen molar-refractivity contribution in [2.24, 2.45) is 5.92 Å². The maximum atomic E-state index is 13.1. The third-order valence-electron chi connectivity index (χ3n) is 5.39. The van der Waals surface area contributed by atoms with Gasteiger partial charge in [0.15, 0.2) is 0 Å². The van der Waals surface area contributed by atoms with Gasteiger partial charge in [0.1, 0.15) is 12.0 Å². The van der Waals surface area contributed by atoms with E-state index in [1.54, 1.807) is 41.3 Å². The number of hydrogen-bond acceptors (Lipinski definition) is 3. The number of hydrogen-bond donors (Lipinski definition) is 2. The van der Waals surface area contributed by atoms with Gasteiger partial charge >= 0.3 is 0 Å². The van der Waals surface area contributed by atoms with E-state index in [0.717, 1.165) is 10.2 Å². The van der Waals surface area contributed by atoms with Crippen molar-refractivity contribution in [2.45, 2.75) is 12.5 Å². The predicted molar refractivity (Wildman–Crippen MR) is 127 cm³/mol. The number of para-hydroxylation sites is 2. The molecule has 1 heterocycles. The zero-order chi connectivity index (χ0) is 22.5. The lowest BCUT2D eigenvalue weighted by atomic mass is 10.0. The van der Waals surface area contributed by atoms with Crippen LogP contribution in [0.4, 0.5) is 11.4 Å². The number of nitrogens with zero attached hydrogens (tertiary/aromatic N) is 1. The van der Waals surface area contributed by atoms with Gasteiger partial charge in [-0.2, -0.15) is 0 Å². The Bertz CT molecular complexity index is 1120. The van der Waals surface area contributed by atoms with Crippen LogP contribution in [-0.2, 0) is 14.4 Å². The summed E-state index contributed by atoms with van der Waals surface area (Å²) in [6.07, 6.45) is 0.383. The lowest BCUT2D eigenvalue weighted by molar-refractivity contribution is -0.134. The second-order valence-electron chi connectivity index (χ2n) is 7.49. The molecule has 7 heteroatoms. The number of rotatable bonds is 6. The summed E-state index contributed by atoms with van der Waals surface area (Å²) in [4.78, 5) is 40.8. The number of anilines is 2. The fourth-order valence-corrected chi connectivity index (χ4v) is 4.26. The first-order chi connectivity index (χ1) is 15.5. The zero-order valence-corrected chi connectivity index (χ0v) is 18.8. The van der Waals surface area contributed by atoms with E-state index in [4.69, 9.17) is 0 Å². The summed E-state index contributed by atoms with van der Waals surface area (Å²) in [7, 11) is 0. The maximum absolute atomic E-state index is 13.1. The van der Waals surface area contributed by atoms with Gasteiger partial charge in [-0.05, 0) is 52.2 Å². The number of halogens is 1. The smallest absolute Gasteiger partial charge is 0.251 e. The zero-order valence-electron chi connectivity index (χ0n) is 17.2. The first-order valence-electron chi connectivity index (χ1n) is 10.3. The minimum Gasteiger partial charge on any atom is -0.340 e. The van der Waals surface area contributed by atoms with Crippen LogP contribution >= 0.6 is 15.9 Å². The molecule has 1 fully saturated rings. The predicted octanol–water partition coefficient (Wildman–Crippen LogP) is 4.30. The fourth-order valence-electron chi connectivity index (χ4n) is 3.76. The lowest BCUT2D eigenvalue weighted by Gasteiger charge is -2.21. The Hall–Kier alpha value is -3.45. The summed E-state index contributed by atoms with van der Waals surface area (Å²) in [6.45, 7) is 0.436. The Morgan fingerprint density at radius 3 is 2.22 bits per heavy atom. The van der Waals surface area contributed by atoms with Crippen LogP contribution in [0, 0.1) is 5.92 Å². The summed E-state index contributed by atoms with van der Waals surface area (Å²) in [6, 6.07) is 24.5. The van der Waals surface area contributed by atoms with Gasteiger partial charge in [0.25, 0.3) is 5.91 Å². The van der Waals surface area contributed by atoms with Gasteiger partial charge in [-0.1, -0.05) is 60.7 Å². The molecule has 0 spiro atoms. The van der Waals surface area contributed by atoms with Crippen molar-refractivity contribution >= 4 is 45.0 Å². The first kappa shape index (κ1) is 21.8. The van der Waals surface area contributed by atoms with Crippen molar-refractivity contribution in [3.05, 3.63) is 95.0 Å². The molecule has 1 aliphatic heterocycles. The highest BCUT2D eigenvalue weighted by Crippen LogP contribution is 2.31. The molecule has 2 unspecified atom stereocenters. The highest BCUT2D eigenvalue weighted by Gasteiger charge is 2.39. The number of benzene rings is 3. The van der Waals surface area contributed by atoms with E-state index in [-0.39, 0.29) is 11.8 Å². The average molecular weight is 492 g/mol. The number of nitrogens with one attached hydrogen (secondary N) is 2. The van der Waals surface area contributed by atoms with Crippen LogP contribution in [-0.4, -0.2) is 24.3 Å². The van der Waals surface area contributed by atoms with Crippen LogP contribution in [0.1, 0.15) is 18.0 Å². The highest BCUT2D eigenvalue weighted by molar-refractivity contribution is 9.10. The molecule has 1 saturated heterocycles. The van der Waals surface area contributed by atoms with Crippen molar-refractivity contribution in [1.82, 2.24) is 5.32 Å². The molecule has 4 rings (SSSR count). The Balaban J connectivity index is 1.52. The van der Waals surface area contributed by atoms with Crippen LogP contribution in [0.5, 0.6) is 0 Å². The summed E-state index contributed by atoms with van der Waals surface area (Å²) in [5, 5.41) is 5.64. The molecule has 162 valence electrons. The molecule has 32 heavy (non-hydrogen) atoms. The van der Waals surface area contributed by atoms with Crippen molar-refractivity contribution < 1.29 is 14.4 Å².